The fourth-order valence-electron chi connectivity index (χ4n) is 6.79. The van der Waals surface area contributed by atoms with E-state index in [1.807, 2.05) is 35.5 Å². The second-order valence-corrected chi connectivity index (χ2v) is 11.8. The Hall–Kier alpha value is -3.95. The molecular formula is C32H34F3N5O2. The molecule has 6 rings (SSSR count). The summed E-state index contributed by atoms with van der Waals surface area (Å²) in [6.45, 7) is 3.48. The Morgan fingerprint density at radius 2 is 1.64 bits per heavy atom. The van der Waals surface area contributed by atoms with Crippen molar-refractivity contribution in [1.82, 2.24) is 19.8 Å². The van der Waals surface area contributed by atoms with Crippen LogP contribution in [0.5, 0.6) is 0 Å². The summed E-state index contributed by atoms with van der Waals surface area (Å²) in [4.78, 5) is 40.5. The highest BCUT2D eigenvalue weighted by molar-refractivity contribution is 5.95. The molecule has 0 saturated carbocycles. The number of alkyl halides is 3. The van der Waals surface area contributed by atoms with Crippen LogP contribution in [0.1, 0.15) is 75.7 Å². The van der Waals surface area contributed by atoms with E-state index in [9.17, 15) is 22.8 Å². The van der Waals surface area contributed by atoms with Crippen LogP contribution in [0.4, 0.5) is 18.9 Å². The van der Waals surface area contributed by atoms with Crippen LogP contribution >= 0.6 is 0 Å². The van der Waals surface area contributed by atoms with Gasteiger partial charge >= 0.3 is 6.18 Å². The van der Waals surface area contributed by atoms with E-state index in [1.165, 1.54) is 10.6 Å². The molecule has 2 aliphatic heterocycles. The van der Waals surface area contributed by atoms with Crippen LogP contribution in [0.2, 0.25) is 0 Å². The van der Waals surface area contributed by atoms with Crippen molar-refractivity contribution in [1.29, 1.82) is 0 Å². The van der Waals surface area contributed by atoms with Crippen LogP contribution in [-0.2, 0) is 12.6 Å². The van der Waals surface area contributed by atoms with Gasteiger partial charge in [-0.05, 0) is 91.5 Å². The van der Waals surface area contributed by atoms with Crippen molar-refractivity contribution in [2.75, 3.05) is 38.1 Å². The van der Waals surface area contributed by atoms with Gasteiger partial charge in [0.05, 0.1) is 11.6 Å². The molecule has 0 N–H and O–H groups in total. The summed E-state index contributed by atoms with van der Waals surface area (Å²) in [6, 6.07) is 11.6. The second kappa shape index (κ2) is 11.0. The Labute approximate surface area is 243 Å². The van der Waals surface area contributed by atoms with Crippen LogP contribution in [0.3, 0.4) is 0 Å². The number of hydrogen-bond donors (Lipinski definition) is 0. The van der Waals surface area contributed by atoms with E-state index in [2.05, 4.69) is 27.0 Å². The van der Waals surface area contributed by atoms with E-state index in [1.54, 1.807) is 7.05 Å². The van der Waals surface area contributed by atoms with Crippen molar-refractivity contribution in [3.05, 3.63) is 89.0 Å². The fourth-order valence-corrected chi connectivity index (χ4v) is 6.79. The topological polar surface area (TPSA) is 69.6 Å². The maximum atomic E-state index is 13.6. The smallest absolute Gasteiger partial charge is 0.371 e. The molecule has 1 aromatic carbocycles. The predicted octanol–water partition coefficient (Wildman–Crippen LogP) is 5.78. The monoisotopic (exact) mass is 577 g/mol. The summed E-state index contributed by atoms with van der Waals surface area (Å²) in [5, 5.41) is 0. The minimum Gasteiger partial charge on any atom is -0.371 e. The van der Waals surface area contributed by atoms with E-state index in [0.29, 0.717) is 18.2 Å². The number of piperidine rings is 2. The Morgan fingerprint density at radius 1 is 0.952 bits per heavy atom. The zero-order chi connectivity index (χ0) is 29.5. The number of nitrogens with zero attached hydrogens (tertiary/aromatic N) is 5. The normalized spacial score (nSPS) is 20.0. The molecule has 2 fully saturated rings. The number of fused-ring (bicyclic) bond motifs is 1. The molecule has 2 saturated heterocycles. The molecule has 1 atom stereocenters. The number of likely N-dealkylation sites (tertiary alicyclic amines) is 1. The summed E-state index contributed by atoms with van der Waals surface area (Å²) in [5.41, 5.74) is 3.16. The zero-order valence-corrected chi connectivity index (χ0v) is 23.6. The van der Waals surface area contributed by atoms with Gasteiger partial charge in [0.15, 0.2) is 0 Å². The van der Waals surface area contributed by atoms with Gasteiger partial charge in [-0.15, -0.1) is 0 Å². The number of anilines is 1. The number of pyridine rings is 2. The molecule has 2 aromatic heterocycles. The molecule has 1 spiro atoms. The summed E-state index contributed by atoms with van der Waals surface area (Å²) in [5.74, 6) is -0.444. The van der Waals surface area contributed by atoms with Gasteiger partial charge < -0.3 is 14.7 Å². The Morgan fingerprint density at radius 3 is 2.29 bits per heavy atom. The van der Waals surface area contributed by atoms with Gasteiger partial charge in [0.1, 0.15) is 5.69 Å². The second-order valence-electron chi connectivity index (χ2n) is 11.8. The third kappa shape index (κ3) is 5.46. The van der Waals surface area contributed by atoms with Crippen molar-refractivity contribution in [2.45, 2.75) is 50.7 Å². The molecule has 2 amide bonds. The molecule has 7 nitrogen and oxygen atoms in total. The first-order valence-corrected chi connectivity index (χ1v) is 14.5. The number of aryl methyl sites for hydroxylation is 1. The van der Waals surface area contributed by atoms with Gasteiger partial charge in [-0.3, -0.25) is 19.6 Å². The van der Waals surface area contributed by atoms with E-state index in [4.69, 9.17) is 0 Å². The first kappa shape index (κ1) is 28.2. The van der Waals surface area contributed by atoms with Crippen molar-refractivity contribution in [3.63, 3.8) is 0 Å². The van der Waals surface area contributed by atoms with E-state index in [-0.39, 0.29) is 23.1 Å². The van der Waals surface area contributed by atoms with E-state index in [0.717, 1.165) is 81.5 Å². The molecule has 220 valence electrons. The van der Waals surface area contributed by atoms with E-state index >= 15 is 0 Å². The Kier molecular flexibility index (Phi) is 7.41. The molecule has 4 heterocycles. The highest BCUT2D eigenvalue weighted by atomic mass is 19.4. The van der Waals surface area contributed by atoms with Crippen LogP contribution in [0, 0.1) is 5.41 Å². The summed E-state index contributed by atoms with van der Waals surface area (Å²) in [7, 11) is 1.64. The average molecular weight is 578 g/mol. The lowest BCUT2D eigenvalue weighted by atomic mass is 9.71. The van der Waals surface area contributed by atoms with Crippen LogP contribution in [0.25, 0.3) is 0 Å². The first-order chi connectivity index (χ1) is 20.1. The van der Waals surface area contributed by atoms with Gasteiger partial charge in [-0.25, -0.2) is 0 Å². The summed E-state index contributed by atoms with van der Waals surface area (Å²) < 4.78 is 38.8. The van der Waals surface area contributed by atoms with E-state index < -0.39 is 17.6 Å². The number of amides is 2. The largest absolute Gasteiger partial charge is 0.417 e. The maximum absolute atomic E-state index is 13.6. The van der Waals surface area contributed by atoms with Gasteiger partial charge in [-0.1, -0.05) is 6.07 Å². The Balaban J connectivity index is 1.09. The molecule has 3 aliphatic rings. The van der Waals surface area contributed by atoms with Crippen molar-refractivity contribution >= 4 is 17.5 Å². The van der Waals surface area contributed by atoms with Gasteiger partial charge in [0.25, 0.3) is 11.8 Å². The molecule has 42 heavy (non-hydrogen) atoms. The van der Waals surface area contributed by atoms with Crippen molar-refractivity contribution in [2.24, 2.45) is 5.41 Å². The quantitative estimate of drug-likeness (QED) is 0.394. The number of aromatic nitrogens is 2. The molecule has 10 heteroatoms. The van der Waals surface area contributed by atoms with Crippen molar-refractivity contribution < 1.29 is 22.8 Å². The molecule has 0 bridgehead atoms. The van der Waals surface area contributed by atoms with Crippen LogP contribution < -0.4 is 4.90 Å². The third-order valence-electron chi connectivity index (χ3n) is 9.50. The number of carbonyl (C=O) groups excluding carboxylic acids is 2. The zero-order valence-electron chi connectivity index (χ0n) is 23.6. The standard InChI is InChI=1S/C32H34F3N5O2/c1-38(30(42)27-6-5-24(21-37-27)32(33,34)35)28-7-4-22-2-3-23(20-26(22)28)29(41)40-18-12-31(13-19-40)10-16-39(17-11-31)25-8-14-36-15-9-25/h2-3,5-6,8-9,14-15,20-21,28H,4,7,10-13,16-19H2,1H3. The fraction of sp³-hybridized carbons (Fsp3) is 0.438. The van der Waals surface area contributed by atoms with Gasteiger partial charge in [-0.2, -0.15) is 13.2 Å². The number of benzene rings is 1. The maximum Gasteiger partial charge on any atom is 0.417 e. The molecule has 1 unspecified atom stereocenters. The first-order valence-electron chi connectivity index (χ1n) is 14.5. The average Bonchev–Trinajstić information content (AvgIpc) is 3.44. The molecule has 3 aromatic rings. The van der Waals surface area contributed by atoms with Gasteiger partial charge in [0.2, 0.25) is 0 Å². The minimum atomic E-state index is -4.51. The lowest BCUT2D eigenvalue weighted by Crippen LogP contribution is -2.48. The molecular weight excluding hydrogens is 543 g/mol. The number of carbonyl (C=O) groups is 2. The van der Waals surface area contributed by atoms with Crippen LogP contribution in [0.15, 0.2) is 61.1 Å². The SMILES string of the molecule is CN(C(=O)c1ccc(C(F)(F)F)cn1)C1CCc2ccc(C(=O)N3CCC4(CC3)CCN(c3ccncc3)CC4)cc21. The predicted molar refractivity (Wildman–Crippen MR) is 152 cm³/mol. The third-order valence-corrected chi connectivity index (χ3v) is 9.50. The van der Waals surface area contributed by atoms with Gasteiger partial charge in [0, 0.05) is 63.1 Å². The van der Waals surface area contributed by atoms with Crippen LogP contribution in [-0.4, -0.2) is 64.8 Å². The highest BCUT2D eigenvalue weighted by Crippen LogP contribution is 2.43. The summed E-state index contributed by atoms with van der Waals surface area (Å²) in [6.07, 6.45) is 5.50. The lowest BCUT2D eigenvalue weighted by Gasteiger charge is -2.47. The number of rotatable bonds is 4. The molecule has 1 aliphatic carbocycles. The number of halogens is 3. The highest BCUT2D eigenvalue weighted by Gasteiger charge is 2.39. The minimum absolute atomic E-state index is 0.00547. The summed E-state index contributed by atoms with van der Waals surface area (Å²) >= 11 is 0. The lowest BCUT2D eigenvalue weighted by molar-refractivity contribution is -0.137. The molecule has 0 radical (unpaired) electrons. The van der Waals surface area contributed by atoms with Crippen molar-refractivity contribution in [3.8, 4) is 0 Å². The number of hydrogen-bond acceptors (Lipinski definition) is 5. The Bertz CT molecular complexity index is 1440.